The summed E-state index contributed by atoms with van der Waals surface area (Å²) in [6.07, 6.45) is -1.67. The second kappa shape index (κ2) is 8.45. The van der Waals surface area contributed by atoms with Crippen molar-refractivity contribution in [2.75, 3.05) is 25.5 Å². The predicted octanol–water partition coefficient (Wildman–Crippen LogP) is 2.28. The highest BCUT2D eigenvalue weighted by Gasteiger charge is 2.48. The number of likely N-dealkylation sites (tertiary alicyclic amines) is 1. The Bertz CT molecular complexity index is 847. The third-order valence-electron chi connectivity index (χ3n) is 5.54. The van der Waals surface area contributed by atoms with E-state index >= 15 is 0 Å². The molecule has 1 heterocycles. The number of para-hydroxylation sites is 1. The Morgan fingerprint density at radius 1 is 1.10 bits per heavy atom. The molecular formula is C20H22F3N3O4. The van der Waals surface area contributed by atoms with Gasteiger partial charge in [-0.3, -0.25) is 24.1 Å². The SMILES string of the molecule is CN(CC(=O)Nc1ccccc1C(F)(F)F)C(=O)CN1C(=O)[C@@H]2CCCC[C@H]2C1=O. The van der Waals surface area contributed by atoms with Gasteiger partial charge in [0.25, 0.3) is 0 Å². The average molecular weight is 425 g/mol. The van der Waals surface area contributed by atoms with E-state index in [0.717, 1.165) is 34.8 Å². The van der Waals surface area contributed by atoms with Crippen LogP contribution in [0.5, 0.6) is 0 Å². The van der Waals surface area contributed by atoms with Crippen LogP contribution >= 0.6 is 0 Å². The van der Waals surface area contributed by atoms with E-state index in [1.54, 1.807) is 0 Å². The van der Waals surface area contributed by atoms with Gasteiger partial charge in [0, 0.05) is 7.05 Å². The lowest BCUT2D eigenvalue weighted by Gasteiger charge is -2.21. The number of likely N-dealkylation sites (N-methyl/N-ethyl adjacent to an activating group) is 1. The molecule has 1 saturated heterocycles. The maximum Gasteiger partial charge on any atom is 0.418 e. The predicted molar refractivity (Wildman–Crippen MR) is 99.9 cm³/mol. The fraction of sp³-hybridized carbons (Fsp3) is 0.500. The van der Waals surface area contributed by atoms with Crippen molar-refractivity contribution < 1.29 is 32.3 Å². The number of nitrogens with zero attached hydrogens (tertiary/aromatic N) is 2. The molecule has 0 bridgehead atoms. The largest absolute Gasteiger partial charge is 0.418 e. The van der Waals surface area contributed by atoms with Crippen LogP contribution in [0.2, 0.25) is 0 Å². The molecule has 1 saturated carbocycles. The number of carbonyl (C=O) groups excluding carboxylic acids is 4. The van der Waals surface area contributed by atoms with Crippen LogP contribution in [-0.2, 0) is 25.4 Å². The van der Waals surface area contributed by atoms with Gasteiger partial charge in [0.2, 0.25) is 23.6 Å². The van der Waals surface area contributed by atoms with E-state index in [9.17, 15) is 32.3 Å². The second-order valence-electron chi connectivity index (χ2n) is 7.60. The average Bonchev–Trinajstić information content (AvgIpc) is 2.92. The van der Waals surface area contributed by atoms with Gasteiger partial charge in [-0.2, -0.15) is 13.2 Å². The van der Waals surface area contributed by atoms with Crippen molar-refractivity contribution in [3.05, 3.63) is 29.8 Å². The number of rotatable bonds is 5. The zero-order valence-corrected chi connectivity index (χ0v) is 16.4. The minimum atomic E-state index is -4.64. The van der Waals surface area contributed by atoms with Crippen molar-refractivity contribution >= 4 is 29.3 Å². The molecule has 1 aromatic rings. The summed E-state index contributed by atoms with van der Waals surface area (Å²) in [6, 6.07) is 4.51. The molecule has 162 valence electrons. The van der Waals surface area contributed by atoms with E-state index in [1.807, 2.05) is 0 Å². The lowest BCUT2D eigenvalue weighted by Crippen LogP contribution is -2.44. The molecule has 1 N–H and O–H groups in total. The number of carbonyl (C=O) groups is 4. The Morgan fingerprint density at radius 2 is 1.67 bits per heavy atom. The molecule has 0 aromatic heterocycles. The summed E-state index contributed by atoms with van der Waals surface area (Å²) in [6.45, 7) is -0.998. The van der Waals surface area contributed by atoms with Gasteiger partial charge in [-0.1, -0.05) is 25.0 Å². The molecule has 1 aromatic carbocycles. The summed E-state index contributed by atoms with van der Waals surface area (Å²) in [5, 5.41) is 2.15. The first-order valence-corrected chi connectivity index (χ1v) is 9.65. The van der Waals surface area contributed by atoms with Gasteiger partial charge in [-0.15, -0.1) is 0 Å². The van der Waals surface area contributed by atoms with Crippen molar-refractivity contribution in [2.45, 2.75) is 31.9 Å². The molecule has 2 aliphatic rings. The Morgan fingerprint density at radius 3 is 2.23 bits per heavy atom. The zero-order chi connectivity index (χ0) is 22.1. The minimum absolute atomic E-state index is 0.366. The number of imide groups is 1. The molecule has 1 aliphatic heterocycles. The summed E-state index contributed by atoms with van der Waals surface area (Å²) < 4.78 is 39.1. The van der Waals surface area contributed by atoms with Gasteiger partial charge in [0.15, 0.2) is 0 Å². The Kier molecular flexibility index (Phi) is 6.14. The van der Waals surface area contributed by atoms with E-state index in [0.29, 0.717) is 12.8 Å². The first-order chi connectivity index (χ1) is 14.1. The summed E-state index contributed by atoms with van der Waals surface area (Å²) in [5.41, 5.74) is -1.41. The first kappa shape index (κ1) is 21.8. The molecule has 10 heteroatoms. The van der Waals surface area contributed by atoms with E-state index < -0.39 is 42.3 Å². The Hall–Kier alpha value is -2.91. The van der Waals surface area contributed by atoms with Crippen LogP contribution in [0.3, 0.4) is 0 Å². The van der Waals surface area contributed by atoms with Gasteiger partial charge in [-0.25, -0.2) is 0 Å². The number of benzene rings is 1. The minimum Gasteiger partial charge on any atom is -0.335 e. The topological polar surface area (TPSA) is 86.8 Å². The van der Waals surface area contributed by atoms with Crippen molar-refractivity contribution in [1.82, 2.24) is 9.80 Å². The fourth-order valence-corrected chi connectivity index (χ4v) is 3.98. The van der Waals surface area contributed by atoms with Crippen LogP contribution in [-0.4, -0.2) is 53.6 Å². The molecule has 7 nitrogen and oxygen atoms in total. The molecule has 0 radical (unpaired) electrons. The Labute approximate surface area is 171 Å². The molecule has 1 aliphatic carbocycles. The van der Waals surface area contributed by atoms with Crippen LogP contribution < -0.4 is 5.32 Å². The highest BCUT2D eigenvalue weighted by Crippen LogP contribution is 2.38. The molecule has 2 fully saturated rings. The molecule has 2 atom stereocenters. The number of alkyl halides is 3. The number of hydrogen-bond donors (Lipinski definition) is 1. The van der Waals surface area contributed by atoms with Gasteiger partial charge in [0.1, 0.15) is 6.54 Å². The van der Waals surface area contributed by atoms with Gasteiger partial charge in [0.05, 0.1) is 29.6 Å². The van der Waals surface area contributed by atoms with Crippen molar-refractivity contribution in [1.29, 1.82) is 0 Å². The third kappa shape index (κ3) is 4.47. The lowest BCUT2D eigenvalue weighted by atomic mass is 9.81. The highest BCUT2D eigenvalue weighted by molar-refractivity contribution is 6.07. The first-order valence-electron chi connectivity index (χ1n) is 9.65. The third-order valence-corrected chi connectivity index (χ3v) is 5.54. The van der Waals surface area contributed by atoms with Crippen molar-refractivity contribution in [3.63, 3.8) is 0 Å². The monoisotopic (exact) mass is 425 g/mol. The normalized spacial score (nSPS) is 21.4. The summed E-state index contributed by atoms with van der Waals surface area (Å²) >= 11 is 0. The molecule has 30 heavy (non-hydrogen) atoms. The van der Waals surface area contributed by atoms with E-state index in [1.165, 1.54) is 19.2 Å². The number of amides is 4. The van der Waals surface area contributed by atoms with Crippen molar-refractivity contribution in [3.8, 4) is 0 Å². The molecule has 3 rings (SSSR count). The van der Waals surface area contributed by atoms with Crippen molar-refractivity contribution in [2.24, 2.45) is 11.8 Å². The number of hydrogen-bond acceptors (Lipinski definition) is 4. The highest BCUT2D eigenvalue weighted by atomic mass is 19.4. The summed E-state index contributed by atoms with van der Waals surface area (Å²) in [5.74, 6) is -2.96. The number of nitrogens with one attached hydrogen (secondary N) is 1. The summed E-state index contributed by atoms with van der Waals surface area (Å²) in [4.78, 5) is 51.4. The zero-order valence-electron chi connectivity index (χ0n) is 16.4. The lowest BCUT2D eigenvalue weighted by molar-refractivity contribution is -0.146. The van der Waals surface area contributed by atoms with Gasteiger partial charge < -0.3 is 10.2 Å². The Balaban J connectivity index is 1.59. The van der Waals surface area contributed by atoms with E-state index in [-0.39, 0.29) is 23.7 Å². The number of anilines is 1. The maximum absolute atomic E-state index is 13.0. The van der Waals surface area contributed by atoms with Gasteiger partial charge >= 0.3 is 6.18 Å². The quantitative estimate of drug-likeness (QED) is 0.734. The smallest absolute Gasteiger partial charge is 0.335 e. The fourth-order valence-electron chi connectivity index (χ4n) is 3.98. The van der Waals surface area contributed by atoms with Crippen LogP contribution in [0, 0.1) is 11.8 Å². The molecule has 4 amide bonds. The van der Waals surface area contributed by atoms with Crippen LogP contribution in [0.15, 0.2) is 24.3 Å². The summed E-state index contributed by atoms with van der Waals surface area (Å²) in [7, 11) is 1.29. The number of fused-ring (bicyclic) bond motifs is 1. The molecular weight excluding hydrogens is 403 g/mol. The molecule has 0 unspecified atom stereocenters. The van der Waals surface area contributed by atoms with Gasteiger partial charge in [-0.05, 0) is 25.0 Å². The maximum atomic E-state index is 13.0. The second-order valence-corrected chi connectivity index (χ2v) is 7.60. The molecule has 0 spiro atoms. The standard InChI is InChI=1S/C20H22F3N3O4/c1-25(10-16(27)24-15-9-5-4-8-14(15)20(21,22)23)17(28)11-26-18(29)12-6-2-3-7-13(12)19(26)30/h4-5,8-9,12-13H,2-3,6-7,10-11H2,1H3,(H,24,27)/t12-,13-/m1/s1. The van der Waals surface area contributed by atoms with Crippen LogP contribution in [0.25, 0.3) is 0 Å². The number of halogens is 3. The van der Waals surface area contributed by atoms with Crippen LogP contribution in [0.1, 0.15) is 31.2 Å². The van der Waals surface area contributed by atoms with Crippen LogP contribution in [0.4, 0.5) is 18.9 Å². The van der Waals surface area contributed by atoms with E-state index in [2.05, 4.69) is 5.32 Å². The van der Waals surface area contributed by atoms with E-state index in [4.69, 9.17) is 0 Å².